The van der Waals surface area contributed by atoms with Crippen molar-refractivity contribution in [2.24, 2.45) is 5.92 Å². The zero-order valence-electron chi connectivity index (χ0n) is 4.78. The summed E-state index contributed by atoms with van der Waals surface area (Å²) < 4.78 is 23.8. The second-order valence-electron chi connectivity index (χ2n) is 1.89. The first-order chi connectivity index (χ1) is 3.50. The van der Waals surface area contributed by atoms with Gasteiger partial charge in [0.15, 0.2) is 0 Å². The Morgan fingerprint density at radius 3 is 1.88 bits per heavy atom. The van der Waals surface area contributed by atoms with Crippen LogP contribution in [0.1, 0.15) is 13.8 Å². The lowest BCUT2D eigenvalue weighted by Crippen LogP contribution is -2.20. The molecule has 0 aromatic carbocycles. The van der Waals surface area contributed by atoms with E-state index in [2.05, 4.69) is 0 Å². The lowest BCUT2D eigenvalue weighted by atomic mass is 10.1. The minimum Gasteiger partial charge on any atom is -0.192 e. The van der Waals surface area contributed by atoms with Crippen molar-refractivity contribution in [3.8, 4) is 6.07 Å². The number of nitrogens with zero attached hydrogens (tertiary/aromatic N) is 1. The highest BCUT2D eigenvalue weighted by Gasteiger charge is 2.32. The molecule has 0 unspecified atom stereocenters. The molecule has 1 nitrogen and oxygen atoms in total. The fraction of sp³-hybridized carbons (Fsp3) is 0.800. The van der Waals surface area contributed by atoms with Crippen molar-refractivity contribution in [2.75, 3.05) is 0 Å². The van der Waals surface area contributed by atoms with Gasteiger partial charge in [0.2, 0.25) is 0 Å². The number of nitriles is 1. The molecule has 0 fully saturated rings. The Morgan fingerprint density at radius 1 is 1.50 bits per heavy atom. The maximum Gasteiger partial charge on any atom is 0.334 e. The average molecular weight is 119 g/mol. The van der Waals surface area contributed by atoms with Crippen LogP contribution in [0.4, 0.5) is 8.78 Å². The Kier molecular flexibility index (Phi) is 1.91. The Hall–Kier alpha value is -0.650. The normalized spacial score (nSPS) is 11.5. The van der Waals surface area contributed by atoms with E-state index in [-0.39, 0.29) is 0 Å². The summed E-state index contributed by atoms with van der Waals surface area (Å²) in [5.74, 6) is -4.03. The third kappa shape index (κ3) is 1.45. The summed E-state index contributed by atoms with van der Waals surface area (Å²) in [6.45, 7) is 2.62. The molecule has 0 N–H and O–H groups in total. The van der Waals surface area contributed by atoms with Crippen molar-refractivity contribution < 1.29 is 8.78 Å². The van der Waals surface area contributed by atoms with Crippen LogP contribution in [0.25, 0.3) is 0 Å². The predicted molar refractivity (Wildman–Crippen MR) is 25.4 cm³/mol. The van der Waals surface area contributed by atoms with Gasteiger partial charge in [0.05, 0.1) is 0 Å². The average Bonchev–Trinajstić information content (AvgIpc) is 1.67. The molecule has 3 heteroatoms. The topological polar surface area (TPSA) is 23.8 Å². The van der Waals surface area contributed by atoms with Gasteiger partial charge in [0.1, 0.15) is 6.07 Å². The molecule has 8 heavy (non-hydrogen) atoms. The fourth-order valence-electron chi connectivity index (χ4n) is 0.129. The highest BCUT2D eigenvalue weighted by atomic mass is 19.3. The van der Waals surface area contributed by atoms with Crippen molar-refractivity contribution >= 4 is 0 Å². The van der Waals surface area contributed by atoms with E-state index in [1.54, 1.807) is 0 Å². The lowest BCUT2D eigenvalue weighted by Gasteiger charge is -2.09. The molecular formula is C5H7F2N. The van der Waals surface area contributed by atoms with E-state index in [1.165, 1.54) is 13.8 Å². The Labute approximate surface area is 46.9 Å². The van der Waals surface area contributed by atoms with Crippen molar-refractivity contribution in [3.63, 3.8) is 0 Å². The smallest absolute Gasteiger partial charge is 0.192 e. The molecule has 0 aliphatic heterocycles. The third-order valence-electron chi connectivity index (χ3n) is 0.874. The summed E-state index contributed by atoms with van der Waals surface area (Å²) in [6.07, 6.45) is 0. The monoisotopic (exact) mass is 119 g/mol. The van der Waals surface area contributed by atoms with Gasteiger partial charge in [-0.3, -0.25) is 0 Å². The van der Waals surface area contributed by atoms with Crippen molar-refractivity contribution in [1.29, 1.82) is 5.26 Å². The first-order valence-corrected chi connectivity index (χ1v) is 2.29. The molecule has 0 atom stereocenters. The van der Waals surface area contributed by atoms with E-state index in [0.717, 1.165) is 6.07 Å². The standard InChI is InChI=1S/C5H7F2N/c1-4(2)5(6,7)3-8/h4H,1-2H3. The number of hydrogen-bond acceptors (Lipinski definition) is 1. The second kappa shape index (κ2) is 2.08. The zero-order valence-corrected chi connectivity index (χ0v) is 4.78. The van der Waals surface area contributed by atoms with Crippen molar-refractivity contribution in [2.45, 2.75) is 19.8 Å². The minimum atomic E-state index is -3.15. The van der Waals surface area contributed by atoms with Gasteiger partial charge in [-0.2, -0.15) is 14.0 Å². The second-order valence-corrected chi connectivity index (χ2v) is 1.89. The summed E-state index contributed by atoms with van der Waals surface area (Å²) in [7, 11) is 0. The molecule has 0 heterocycles. The minimum absolute atomic E-state index is 0.882. The summed E-state index contributed by atoms with van der Waals surface area (Å²) in [5, 5.41) is 7.76. The Morgan fingerprint density at radius 2 is 1.88 bits per heavy atom. The molecule has 0 aliphatic carbocycles. The van der Waals surface area contributed by atoms with Crippen LogP contribution >= 0.6 is 0 Å². The Balaban J connectivity index is 3.97. The zero-order chi connectivity index (χ0) is 6.78. The van der Waals surface area contributed by atoms with Crippen LogP contribution in [0.3, 0.4) is 0 Å². The van der Waals surface area contributed by atoms with Crippen molar-refractivity contribution in [1.82, 2.24) is 0 Å². The molecule has 0 bridgehead atoms. The molecule has 0 amide bonds. The highest BCUT2D eigenvalue weighted by Crippen LogP contribution is 2.21. The SMILES string of the molecule is CC(C)C(F)(F)C#N. The van der Waals surface area contributed by atoms with Crippen LogP contribution in [-0.4, -0.2) is 5.92 Å². The molecule has 0 aromatic heterocycles. The maximum absolute atomic E-state index is 11.9. The first-order valence-electron chi connectivity index (χ1n) is 2.29. The van der Waals surface area contributed by atoms with E-state index in [9.17, 15) is 8.78 Å². The first kappa shape index (κ1) is 7.35. The van der Waals surface area contributed by atoms with Gasteiger partial charge in [0.25, 0.3) is 0 Å². The maximum atomic E-state index is 11.9. The van der Waals surface area contributed by atoms with Crippen LogP contribution in [0.15, 0.2) is 0 Å². The van der Waals surface area contributed by atoms with Gasteiger partial charge in [0, 0.05) is 5.92 Å². The van der Waals surface area contributed by atoms with Crippen molar-refractivity contribution in [3.05, 3.63) is 0 Å². The third-order valence-corrected chi connectivity index (χ3v) is 0.874. The fourth-order valence-corrected chi connectivity index (χ4v) is 0.129. The predicted octanol–water partition coefficient (Wildman–Crippen LogP) is 1.80. The van der Waals surface area contributed by atoms with E-state index < -0.39 is 11.8 Å². The van der Waals surface area contributed by atoms with Crippen LogP contribution in [0.5, 0.6) is 0 Å². The Bertz CT molecular complexity index is 112. The summed E-state index contributed by atoms with van der Waals surface area (Å²) in [5.41, 5.74) is 0. The molecule has 0 radical (unpaired) electrons. The van der Waals surface area contributed by atoms with Gasteiger partial charge >= 0.3 is 5.92 Å². The number of hydrogen-bond donors (Lipinski definition) is 0. The number of rotatable bonds is 1. The summed E-state index contributed by atoms with van der Waals surface area (Å²) in [6, 6.07) is 0.907. The number of halogens is 2. The van der Waals surface area contributed by atoms with Crippen LogP contribution in [0.2, 0.25) is 0 Å². The quantitative estimate of drug-likeness (QED) is 0.516. The van der Waals surface area contributed by atoms with E-state index >= 15 is 0 Å². The van der Waals surface area contributed by atoms with Gasteiger partial charge in [-0.25, -0.2) is 0 Å². The van der Waals surface area contributed by atoms with E-state index in [4.69, 9.17) is 5.26 Å². The van der Waals surface area contributed by atoms with E-state index in [0.29, 0.717) is 0 Å². The van der Waals surface area contributed by atoms with Gasteiger partial charge in [-0.05, 0) is 0 Å². The molecule has 0 rings (SSSR count). The molecule has 0 aromatic rings. The lowest BCUT2D eigenvalue weighted by molar-refractivity contribution is 0.0147. The largest absolute Gasteiger partial charge is 0.334 e. The highest BCUT2D eigenvalue weighted by molar-refractivity contribution is 4.93. The molecule has 0 aliphatic rings. The van der Waals surface area contributed by atoms with Crippen LogP contribution < -0.4 is 0 Å². The summed E-state index contributed by atoms with van der Waals surface area (Å²) >= 11 is 0. The van der Waals surface area contributed by atoms with E-state index in [1.807, 2.05) is 0 Å². The molecule has 46 valence electrons. The molecule has 0 saturated carbocycles. The van der Waals surface area contributed by atoms with Gasteiger partial charge in [-0.15, -0.1) is 0 Å². The summed E-state index contributed by atoms with van der Waals surface area (Å²) in [4.78, 5) is 0. The molecular weight excluding hydrogens is 112 g/mol. The molecule has 0 spiro atoms. The van der Waals surface area contributed by atoms with Crippen LogP contribution in [0, 0.1) is 17.2 Å². The number of alkyl halides is 2. The van der Waals surface area contributed by atoms with Gasteiger partial charge in [-0.1, -0.05) is 13.8 Å². The molecule has 0 saturated heterocycles. The van der Waals surface area contributed by atoms with Crippen LogP contribution in [-0.2, 0) is 0 Å². The van der Waals surface area contributed by atoms with Gasteiger partial charge < -0.3 is 0 Å².